The van der Waals surface area contributed by atoms with Crippen molar-refractivity contribution in [2.75, 3.05) is 19.4 Å². The molecule has 3 aliphatic rings. The molecule has 8 nitrogen and oxygen atoms in total. The van der Waals surface area contributed by atoms with E-state index in [1.165, 1.54) is 12.1 Å². The number of aliphatic hydroxyl groups excluding tert-OH is 1. The molecular formula is C25H36F2N2O6S. The highest BCUT2D eigenvalue weighted by Gasteiger charge is 2.61. The largest absolute Gasteiger partial charge is 0.393 e. The summed E-state index contributed by atoms with van der Waals surface area (Å²) in [5.74, 6) is -1.84. The minimum Gasteiger partial charge on any atom is -0.393 e. The topological polar surface area (TPSA) is 114 Å². The quantitative estimate of drug-likeness (QED) is 0.499. The van der Waals surface area contributed by atoms with E-state index in [9.17, 15) is 27.1 Å². The molecule has 0 aromatic heterocycles. The third-order valence-electron chi connectivity index (χ3n) is 8.56. The van der Waals surface area contributed by atoms with Gasteiger partial charge in [0.1, 0.15) is 11.6 Å². The number of carbonyl (C=O) groups excluding carboxylic acids is 1. The lowest BCUT2D eigenvalue weighted by molar-refractivity contribution is -0.305. The molecule has 0 bridgehead atoms. The number of halogens is 2. The summed E-state index contributed by atoms with van der Waals surface area (Å²) in [6.45, 7) is 4.69. The molecule has 1 amide bonds. The highest BCUT2D eigenvalue weighted by atomic mass is 32.2. The summed E-state index contributed by atoms with van der Waals surface area (Å²) in [7, 11) is -3.36. The van der Waals surface area contributed by atoms with Crippen LogP contribution in [0.2, 0.25) is 0 Å². The van der Waals surface area contributed by atoms with Crippen LogP contribution in [0.25, 0.3) is 0 Å². The number of amides is 1. The number of fused-ring (bicyclic) bond motifs is 3. The van der Waals surface area contributed by atoms with Crippen molar-refractivity contribution in [2.24, 2.45) is 22.7 Å². The Balaban J connectivity index is 1.43. The van der Waals surface area contributed by atoms with Crippen LogP contribution in [0.5, 0.6) is 0 Å². The van der Waals surface area contributed by atoms with E-state index >= 15 is 0 Å². The molecule has 1 aromatic carbocycles. The number of aliphatic hydroxyl groups is 1. The van der Waals surface area contributed by atoms with E-state index in [2.05, 4.69) is 23.9 Å². The molecule has 4 rings (SSSR count). The van der Waals surface area contributed by atoms with Gasteiger partial charge >= 0.3 is 0 Å². The van der Waals surface area contributed by atoms with Gasteiger partial charge in [-0.2, -0.15) is 0 Å². The minimum absolute atomic E-state index is 0.000838. The fourth-order valence-electron chi connectivity index (χ4n) is 6.80. The molecule has 7 unspecified atom stereocenters. The van der Waals surface area contributed by atoms with Crippen LogP contribution in [-0.2, 0) is 30.8 Å². The van der Waals surface area contributed by atoms with Gasteiger partial charge in [-0.3, -0.25) is 4.79 Å². The number of carbonyl (C=O) groups is 1. The summed E-state index contributed by atoms with van der Waals surface area (Å²) >= 11 is 0. The lowest BCUT2D eigenvalue weighted by Gasteiger charge is -2.63. The van der Waals surface area contributed by atoms with E-state index in [-0.39, 0.29) is 54.2 Å². The Morgan fingerprint density at radius 1 is 1.14 bits per heavy atom. The molecule has 1 saturated heterocycles. The normalized spacial score (nSPS) is 36.6. The summed E-state index contributed by atoms with van der Waals surface area (Å²) in [6.07, 6.45) is 2.54. The van der Waals surface area contributed by atoms with Crippen LogP contribution in [0.1, 0.15) is 51.5 Å². The third kappa shape index (κ3) is 5.75. The maximum absolute atomic E-state index is 13.5. The van der Waals surface area contributed by atoms with E-state index < -0.39 is 34.1 Å². The molecular weight excluding hydrogens is 494 g/mol. The lowest BCUT2D eigenvalue weighted by Crippen LogP contribution is -2.63. The van der Waals surface area contributed by atoms with Gasteiger partial charge in [-0.05, 0) is 60.6 Å². The number of ether oxygens (including phenoxy) is 2. The van der Waals surface area contributed by atoms with Crippen molar-refractivity contribution in [3.8, 4) is 0 Å². The summed E-state index contributed by atoms with van der Waals surface area (Å²) in [6, 6.07) is 3.14. The van der Waals surface area contributed by atoms with Gasteiger partial charge in [-0.15, -0.1) is 0 Å². The van der Waals surface area contributed by atoms with Gasteiger partial charge < -0.3 is 19.9 Å². The molecule has 1 aromatic rings. The molecule has 36 heavy (non-hydrogen) atoms. The second-order valence-corrected chi connectivity index (χ2v) is 12.9. The van der Waals surface area contributed by atoms with Crippen LogP contribution in [0, 0.1) is 34.3 Å². The van der Waals surface area contributed by atoms with Crippen molar-refractivity contribution in [2.45, 2.75) is 71.0 Å². The minimum atomic E-state index is -3.36. The van der Waals surface area contributed by atoms with Crippen LogP contribution in [0.4, 0.5) is 8.78 Å². The number of sulfonamides is 1. The number of hydrogen-bond acceptors (Lipinski definition) is 6. The fraction of sp³-hybridized carbons (Fsp3) is 0.720. The molecule has 202 valence electrons. The van der Waals surface area contributed by atoms with Crippen molar-refractivity contribution in [1.29, 1.82) is 0 Å². The standard InChI is InChI=1S/C25H36F2N2O6S/c1-24-7-6-21-25(2,14-34-23(35-21)13-29-36(3,32)33)20(24)5-4-19(30)18(24)11-22(31)28-12-15-8-16(26)10-17(27)9-15/h8-10,18-21,23,29-30H,4-7,11-14H2,1-3H3,(H,28,31). The zero-order valence-corrected chi connectivity index (χ0v) is 21.7. The molecule has 3 fully saturated rings. The average molecular weight is 531 g/mol. The van der Waals surface area contributed by atoms with Crippen LogP contribution in [0.15, 0.2) is 18.2 Å². The maximum atomic E-state index is 13.5. The summed E-state index contributed by atoms with van der Waals surface area (Å²) in [5, 5.41) is 13.7. The lowest BCUT2D eigenvalue weighted by atomic mass is 9.46. The SMILES string of the molecule is CC12COC(CNS(C)(=O)=O)OC1CCC1(C)C(CC(=O)NCc3cc(F)cc(F)c3)C(O)CCC21. The second kappa shape index (κ2) is 10.2. The molecule has 1 heterocycles. The first-order valence-corrected chi connectivity index (χ1v) is 14.3. The van der Waals surface area contributed by atoms with Crippen molar-refractivity contribution < 1.29 is 36.6 Å². The molecule has 1 aliphatic heterocycles. The van der Waals surface area contributed by atoms with Gasteiger partial charge in [0.15, 0.2) is 6.29 Å². The Hall–Kier alpha value is -1.66. The van der Waals surface area contributed by atoms with Crippen LogP contribution in [-0.4, -0.2) is 57.3 Å². The number of nitrogens with one attached hydrogen (secondary N) is 2. The molecule has 0 spiro atoms. The van der Waals surface area contributed by atoms with Gasteiger partial charge in [0.2, 0.25) is 15.9 Å². The van der Waals surface area contributed by atoms with Crippen molar-refractivity contribution in [3.63, 3.8) is 0 Å². The van der Waals surface area contributed by atoms with E-state index in [0.717, 1.165) is 25.2 Å². The monoisotopic (exact) mass is 530 g/mol. The van der Waals surface area contributed by atoms with Crippen molar-refractivity contribution in [1.82, 2.24) is 10.0 Å². The second-order valence-electron chi connectivity index (χ2n) is 11.1. The van der Waals surface area contributed by atoms with Crippen LogP contribution in [0.3, 0.4) is 0 Å². The third-order valence-corrected chi connectivity index (χ3v) is 9.25. The smallest absolute Gasteiger partial charge is 0.220 e. The molecule has 2 saturated carbocycles. The Morgan fingerprint density at radius 2 is 1.83 bits per heavy atom. The highest BCUT2D eigenvalue weighted by molar-refractivity contribution is 7.88. The first-order valence-electron chi connectivity index (χ1n) is 12.4. The van der Waals surface area contributed by atoms with Crippen molar-refractivity contribution in [3.05, 3.63) is 35.4 Å². The summed E-state index contributed by atoms with van der Waals surface area (Å²) in [4.78, 5) is 12.9. The fourth-order valence-corrected chi connectivity index (χ4v) is 7.24. The zero-order valence-electron chi connectivity index (χ0n) is 20.9. The van der Waals surface area contributed by atoms with E-state index in [1.807, 2.05) is 0 Å². The van der Waals surface area contributed by atoms with E-state index in [0.29, 0.717) is 25.0 Å². The molecule has 7 atom stereocenters. The Bertz CT molecular complexity index is 1070. The van der Waals surface area contributed by atoms with Crippen LogP contribution >= 0.6 is 0 Å². The average Bonchev–Trinajstić information content (AvgIpc) is 2.77. The number of hydrogen-bond donors (Lipinski definition) is 3. The van der Waals surface area contributed by atoms with Gasteiger partial charge in [0.05, 0.1) is 31.6 Å². The van der Waals surface area contributed by atoms with Gasteiger partial charge in [0.25, 0.3) is 0 Å². The predicted molar refractivity (Wildman–Crippen MR) is 128 cm³/mol. The van der Waals surface area contributed by atoms with E-state index in [4.69, 9.17) is 9.47 Å². The highest BCUT2D eigenvalue weighted by Crippen LogP contribution is 2.62. The van der Waals surface area contributed by atoms with E-state index in [1.54, 1.807) is 0 Å². The Labute approximate surface area is 211 Å². The van der Waals surface area contributed by atoms with Gasteiger partial charge in [0, 0.05) is 24.4 Å². The van der Waals surface area contributed by atoms with Gasteiger partial charge in [-0.1, -0.05) is 13.8 Å². The summed E-state index contributed by atoms with van der Waals surface area (Å²) < 4.78 is 64.4. The summed E-state index contributed by atoms with van der Waals surface area (Å²) in [5.41, 5.74) is -0.350. The predicted octanol–water partition coefficient (Wildman–Crippen LogP) is 2.46. The Kier molecular flexibility index (Phi) is 7.79. The zero-order chi connectivity index (χ0) is 26.3. The first-order chi connectivity index (χ1) is 16.8. The first kappa shape index (κ1) is 27.4. The molecule has 3 N–H and O–H groups in total. The van der Waals surface area contributed by atoms with Crippen molar-refractivity contribution >= 4 is 15.9 Å². The molecule has 2 aliphatic carbocycles. The number of rotatable bonds is 7. The molecule has 11 heteroatoms. The Morgan fingerprint density at radius 3 is 2.50 bits per heavy atom. The maximum Gasteiger partial charge on any atom is 0.220 e. The van der Waals surface area contributed by atoms with Gasteiger partial charge in [-0.25, -0.2) is 21.9 Å². The number of benzene rings is 1. The van der Waals surface area contributed by atoms with Crippen LogP contribution < -0.4 is 10.0 Å². The molecule has 0 radical (unpaired) electrons.